The maximum Gasteiger partial charge on any atom is 0.303 e. The summed E-state index contributed by atoms with van der Waals surface area (Å²) in [5.41, 5.74) is 0.260. The average molecular weight is 204 g/mol. The van der Waals surface area contributed by atoms with Gasteiger partial charge in [0, 0.05) is 13.0 Å². The van der Waals surface area contributed by atoms with Crippen LogP contribution in [0.3, 0.4) is 0 Å². The number of aliphatic carboxylic acids is 1. The van der Waals surface area contributed by atoms with E-state index in [1.54, 1.807) is 6.07 Å². The first-order valence-corrected chi connectivity index (χ1v) is 4.26. The Balaban J connectivity index is 2.71. The SMILES string of the molecule is N#Cc1ncn(CCCC(=O)O)c1C#N. The van der Waals surface area contributed by atoms with E-state index >= 15 is 0 Å². The molecule has 0 saturated carbocycles. The number of nitriles is 2. The zero-order valence-corrected chi connectivity index (χ0v) is 7.84. The highest BCUT2D eigenvalue weighted by Crippen LogP contribution is 2.06. The summed E-state index contributed by atoms with van der Waals surface area (Å²) in [6, 6.07) is 3.66. The lowest BCUT2D eigenvalue weighted by molar-refractivity contribution is -0.137. The highest BCUT2D eigenvalue weighted by Gasteiger charge is 2.09. The van der Waals surface area contributed by atoms with E-state index in [2.05, 4.69) is 4.98 Å². The van der Waals surface area contributed by atoms with Gasteiger partial charge in [0.1, 0.15) is 12.1 Å². The lowest BCUT2D eigenvalue weighted by Crippen LogP contribution is -2.03. The molecule has 6 heteroatoms. The van der Waals surface area contributed by atoms with Gasteiger partial charge < -0.3 is 9.67 Å². The monoisotopic (exact) mass is 204 g/mol. The minimum Gasteiger partial charge on any atom is -0.481 e. The second kappa shape index (κ2) is 4.77. The van der Waals surface area contributed by atoms with Crippen LogP contribution in [0.1, 0.15) is 24.2 Å². The second-order valence-corrected chi connectivity index (χ2v) is 2.86. The average Bonchev–Trinajstić information content (AvgIpc) is 2.59. The molecule has 1 rings (SSSR count). The molecule has 0 spiro atoms. The molecular formula is C9H8N4O2. The third-order valence-electron chi connectivity index (χ3n) is 1.84. The molecule has 0 amide bonds. The van der Waals surface area contributed by atoms with Crippen LogP contribution in [0.2, 0.25) is 0 Å². The summed E-state index contributed by atoms with van der Waals surface area (Å²) in [6.45, 7) is 0.379. The lowest BCUT2D eigenvalue weighted by Gasteiger charge is -2.00. The Labute approximate surface area is 86.0 Å². The van der Waals surface area contributed by atoms with E-state index in [0.29, 0.717) is 13.0 Å². The molecule has 1 heterocycles. The van der Waals surface area contributed by atoms with Crippen LogP contribution < -0.4 is 0 Å². The van der Waals surface area contributed by atoms with Gasteiger partial charge in [0.2, 0.25) is 0 Å². The Morgan fingerprint density at radius 2 is 2.27 bits per heavy atom. The predicted octanol–water partition coefficient (Wildman–Crippen LogP) is 0.491. The molecule has 76 valence electrons. The Morgan fingerprint density at radius 3 is 2.80 bits per heavy atom. The molecular weight excluding hydrogens is 196 g/mol. The first-order valence-electron chi connectivity index (χ1n) is 4.26. The van der Waals surface area contributed by atoms with Crippen molar-refractivity contribution in [3.8, 4) is 12.1 Å². The number of carbonyl (C=O) groups is 1. The van der Waals surface area contributed by atoms with Crippen molar-refractivity contribution in [1.29, 1.82) is 10.5 Å². The quantitative estimate of drug-likeness (QED) is 0.768. The molecule has 1 N–H and O–H groups in total. The lowest BCUT2D eigenvalue weighted by atomic mass is 10.3. The van der Waals surface area contributed by atoms with E-state index < -0.39 is 5.97 Å². The van der Waals surface area contributed by atoms with Crippen LogP contribution in [0.4, 0.5) is 0 Å². The molecule has 6 nitrogen and oxygen atoms in total. The van der Waals surface area contributed by atoms with Gasteiger partial charge in [-0.1, -0.05) is 0 Å². The van der Waals surface area contributed by atoms with Gasteiger partial charge in [-0.25, -0.2) is 4.98 Å². The number of nitrogens with zero attached hydrogens (tertiary/aromatic N) is 4. The van der Waals surface area contributed by atoms with Crippen LogP contribution >= 0.6 is 0 Å². The summed E-state index contributed by atoms with van der Waals surface area (Å²) in [7, 11) is 0. The van der Waals surface area contributed by atoms with Crippen molar-refractivity contribution in [3.63, 3.8) is 0 Å². The normalized spacial score (nSPS) is 9.20. The molecule has 0 unspecified atom stereocenters. The van der Waals surface area contributed by atoms with Gasteiger partial charge in [0.05, 0.1) is 6.33 Å². The van der Waals surface area contributed by atoms with Crippen LogP contribution in [-0.2, 0) is 11.3 Å². The molecule has 0 aromatic carbocycles. The van der Waals surface area contributed by atoms with E-state index in [1.807, 2.05) is 6.07 Å². The van der Waals surface area contributed by atoms with E-state index in [0.717, 1.165) is 0 Å². The van der Waals surface area contributed by atoms with Gasteiger partial charge in [-0.05, 0) is 6.42 Å². The molecule has 0 bridgehead atoms. The molecule has 1 aromatic heterocycles. The van der Waals surface area contributed by atoms with Crippen LogP contribution in [-0.4, -0.2) is 20.6 Å². The topological polar surface area (TPSA) is 103 Å². The fraction of sp³-hybridized carbons (Fsp3) is 0.333. The fourth-order valence-corrected chi connectivity index (χ4v) is 1.15. The Hall–Kier alpha value is -2.34. The smallest absolute Gasteiger partial charge is 0.303 e. The second-order valence-electron chi connectivity index (χ2n) is 2.86. The summed E-state index contributed by atoms with van der Waals surface area (Å²) in [5.74, 6) is -0.880. The maximum absolute atomic E-state index is 10.3. The van der Waals surface area contributed by atoms with Gasteiger partial charge in [0.15, 0.2) is 11.4 Å². The van der Waals surface area contributed by atoms with Crippen molar-refractivity contribution >= 4 is 5.97 Å². The van der Waals surface area contributed by atoms with E-state index in [-0.39, 0.29) is 17.8 Å². The molecule has 0 radical (unpaired) electrons. The third-order valence-corrected chi connectivity index (χ3v) is 1.84. The number of aryl methyl sites for hydroxylation is 1. The summed E-state index contributed by atoms with van der Waals surface area (Å²) in [4.78, 5) is 14.0. The largest absolute Gasteiger partial charge is 0.481 e. The number of carboxylic acid groups (broad SMARTS) is 1. The summed E-state index contributed by atoms with van der Waals surface area (Å²) >= 11 is 0. The predicted molar refractivity (Wildman–Crippen MR) is 48.5 cm³/mol. The number of hydrogen-bond donors (Lipinski definition) is 1. The number of carboxylic acids is 1. The van der Waals surface area contributed by atoms with Gasteiger partial charge in [-0.2, -0.15) is 10.5 Å². The molecule has 15 heavy (non-hydrogen) atoms. The number of imidazole rings is 1. The molecule has 0 aliphatic carbocycles. The van der Waals surface area contributed by atoms with Gasteiger partial charge in [-0.3, -0.25) is 4.79 Å². The summed E-state index contributed by atoms with van der Waals surface area (Å²) < 4.78 is 1.49. The van der Waals surface area contributed by atoms with Crippen LogP contribution in [0.5, 0.6) is 0 Å². The minimum atomic E-state index is -0.880. The molecule has 1 aromatic rings. The van der Waals surface area contributed by atoms with Crippen molar-refractivity contribution < 1.29 is 9.90 Å². The van der Waals surface area contributed by atoms with Crippen LogP contribution in [0.25, 0.3) is 0 Å². The first-order chi connectivity index (χ1) is 7.19. The van der Waals surface area contributed by atoms with Crippen LogP contribution in [0, 0.1) is 22.7 Å². The maximum atomic E-state index is 10.3. The Morgan fingerprint density at radius 1 is 1.53 bits per heavy atom. The molecule has 0 aliphatic heterocycles. The highest BCUT2D eigenvalue weighted by molar-refractivity contribution is 5.66. The van der Waals surface area contributed by atoms with Crippen molar-refractivity contribution in [2.75, 3.05) is 0 Å². The third kappa shape index (κ3) is 2.55. The molecule has 0 atom stereocenters. The summed E-state index contributed by atoms with van der Waals surface area (Å²) in [6.07, 6.45) is 1.81. The standard InChI is InChI=1S/C9H8N4O2/c10-4-7-8(5-11)13(6-12-7)3-1-2-9(14)15/h6H,1-3H2,(H,14,15). The zero-order valence-electron chi connectivity index (χ0n) is 7.84. The van der Waals surface area contributed by atoms with Gasteiger partial charge >= 0.3 is 5.97 Å². The van der Waals surface area contributed by atoms with Crippen molar-refractivity contribution in [2.45, 2.75) is 19.4 Å². The number of rotatable bonds is 4. The molecule has 0 aliphatic rings. The van der Waals surface area contributed by atoms with Gasteiger partial charge in [0.25, 0.3) is 0 Å². The Kier molecular flexibility index (Phi) is 3.42. The van der Waals surface area contributed by atoms with Gasteiger partial charge in [-0.15, -0.1) is 0 Å². The Bertz CT molecular complexity index is 450. The number of hydrogen-bond acceptors (Lipinski definition) is 4. The molecule has 0 fully saturated rings. The first kappa shape index (κ1) is 10.7. The van der Waals surface area contributed by atoms with Crippen molar-refractivity contribution in [3.05, 3.63) is 17.7 Å². The van der Waals surface area contributed by atoms with Crippen LogP contribution in [0.15, 0.2) is 6.33 Å². The summed E-state index contributed by atoms with van der Waals surface area (Å²) in [5, 5.41) is 25.8. The minimum absolute atomic E-state index is 0.0327. The zero-order chi connectivity index (χ0) is 11.3. The number of aromatic nitrogens is 2. The van der Waals surface area contributed by atoms with E-state index in [4.69, 9.17) is 15.6 Å². The van der Waals surface area contributed by atoms with Crippen molar-refractivity contribution in [2.24, 2.45) is 0 Å². The fourth-order valence-electron chi connectivity index (χ4n) is 1.15. The molecule has 0 saturated heterocycles. The van der Waals surface area contributed by atoms with Crippen molar-refractivity contribution in [1.82, 2.24) is 9.55 Å². The van der Waals surface area contributed by atoms with E-state index in [9.17, 15) is 4.79 Å². The van der Waals surface area contributed by atoms with E-state index in [1.165, 1.54) is 10.9 Å². The highest BCUT2D eigenvalue weighted by atomic mass is 16.4.